The molecule has 0 spiro atoms. The van der Waals surface area contributed by atoms with Crippen LogP contribution >= 0.6 is 0 Å². The fraction of sp³-hybridized carbons (Fsp3) is 0.636. The quantitative estimate of drug-likeness (QED) is 0.781. The Labute approximate surface area is 95.7 Å². The number of nitrogens with two attached hydrogens (primary N) is 1. The first kappa shape index (κ1) is 12.7. The molecule has 0 saturated carbocycles. The third-order valence-electron chi connectivity index (χ3n) is 2.32. The molecule has 0 saturated heterocycles. The summed E-state index contributed by atoms with van der Waals surface area (Å²) >= 11 is 0. The Kier molecular flexibility index (Phi) is 4.49. The normalized spacial score (nSPS) is 12.8. The predicted molar refractivity (Wildman–Crippen MR) is 65.6 cm³/mol. The molecule has 90 valence electrons. The molecule has 0 aliphatic rings. The second kappa shape index (κ2) is 5.65. The van der Waals surface area contributed by atoms with Gasteiger partial charge in [0.2, 0.25) is 0 Å². The maximum atomic E-state index is 11.9. The van der Waals surface area contributed by atoms with Crippen LogP contribution in [0.4, 0.5) is 5.82 Å². The number of nitrogens with zero attached hydrogens (tertiary/aromatic N) is 2. The number of hydrogen-bond donors (Lipinski definition) is 2. The highest BCUT2D eigenvalue weighted by Gasteiger charge is 2.06. The summed E-state index contributed by atoms with van der Waals surface area (Å²) in [5.41, 5.74) is 5.55. The lowest BCUT2D eigenvalue weighted by molar-refractivity contribution is 0.574. The van der Waals surface area contributed by atoms with Crippen molar-refractivity contribution < 1.29 is 0 Å². The van der Waals surface area contributed by atoms with Gasteiger partial charge in [-0.1, -0.05) is 0 Å². The van der Waals surface area contributed by atoms with Gasteiger partial charge in [-0.05, 0) is 27.2 Å². The van der Waals surface area contributed by atoms with Gasteiger partial charge in [0.15, 0.2) is 5.82 Å². The number of hydrogen-bond acceptors (Lipinski definition) is 4. The zero-order valence-electron chi connectivity index (χ0n) is 10.1. The molecule has 1 aromatic rings. The van der Waals surface area contributed by atoms with Crippen molar-refractivity contribution in [2.45, 2.75) is 39.3 Å². The Morgan fingerprint density at radius 2 is 2.19 bits per heavy atom. The molecule has 0 fully saturated rings. The topological polar surface area (TPSA) is 72.9 Å². The summed E-state index contributed by atoms with van der Waals surface area (Å²) < 4.78 is 1.65. The molecule has 1 rings (SSSR count). The van der Waals surface area contributed by atoms with Crippen LogP contribution in [0.2, 0.25) is 0 Å². The minimum Gasteiger partial charge on any atom is -0.365 e. The lowest BCUT2D eigenvalue weighted by Gasteiger charge is -2.12. The third-order valence-corrected chi connectivity index (χ3v) is 2.32. The maximum Gasteiger partial charge on any atom is 0.293 e. The van der Waals surface area contributed by atoms with Gasteiger partial charge >= 0.3 is 0 Å². The van der Waals surface area contributed by atoms with Crippen molar-refractivity contribution in [2.24, 2.45) is 5.73 Å². The van der Waals surface area contributed by atoms with Crippen molar-refractivity contribution in [2.75, 3.05) is 11.9 Å². The lowest BCUT2D eigenvalue weighted by atomic mass is 10.2. The zero-order valence-corrected chi connectivity index (χ0v) is 10.1. The smallest absolute Gasteiger partial charge is 0.293 e. The van der Waals surface area contributed by atoms with Crippen LogP contribution in [-0.4, -0.2) is 22.1 Å². The van der Waals surface area contributed by atoms with Crippen molar-refractivity contribution in [1.82, 2.24) is 9.55 Å². The highest BCUT2D eigenvalue weighted by molar-refractivity contribution is 5.30. The minimum atomic E-state index is -0.0813. The van der Waals surface area contributed by atoms with Crippen LogP contribution in [0.3, 0.4) is 0 Å². The maximum absolute atomic E-state index is 11.9. The summed E-state index contributed by atoms with van der Waals surface area (Å²) in [7, 11) is 0. The van der Waals surface area contributed by atoms with E-state index in [-0.39, 0.29) is 17.6 Å². The monoisotopic (exact) mass is 224 g/mol. The standard InChI is InChI=1S/C11H20N4O/c1-8(2)15-7-6-14-10(11(15)16)13-5-4-9(3)12/h6-9H,4-5,12H2,1-3H3,(H,13,14). The van der Waals surface area contributed by atoms with Gasteiger partial charge in [0.1, 0.15) is 0 Å². The highest BCUT2D eigenvalue weighted by atomic mass is 16.1. The Morgan fingerprint density at radius 1 is 1.50 bits per heavy atom. The van der Waals surface area contributed by atoms with Gasteiger partial charge in [-0.2, -0.15) is 0 Å². The molecular weight excluding hydrogens is 204 g/mol. The zero-order chi connectivity index (χ0) is 12.1. The van der Waals surface area contributed by atoms with Crippen LogP contribution in [-0.2, 0) is 0 Å². The first-order chi connectivity index (χ1) is 7.52. The summed E-state index contributed by atoms with van der Waals surface area (Å²) in [5, 5.41) is 3.02. The Hall–Kier alpha value is -1.36. The van der Waals surface area contributed by atoms with Gasteiger partial charge < -0.3 is 15.6 Å². The first-order valence-electron chi connectivity index (χ1n) is 5.59. The van der Waals surface area contributed by atoms with Gasteiger partial charge in [0.05, 0.1) is 0 Å². The Bertz CT molecular complexity index is 384. The average Bonchev–Trinajstić information content (AvgIpc) is 2.19. The van der Waals surface area contributed by atoms with E-state index in [2.05, 4.69) is 10.3 Å². The van der Waals surface area contributed by atoms with E-state index in [0.717, 1.165) is 6.42 Å². The number of aromatic nitrogens is 2. The molecule has 0 aromatic carbocycles. The molecule has 1 unspecified atom stereocenters. The third kappa shape index (κ3) is 3.34. The van der Waals surface area contributed by atoms with E-state index < -0.39 is 0 Å². The predicted octanol–water partition coefficient (Wildman–Crippen LogP) is 0.973. The largest absolute Gasteiger partial charge is 0.365 e. The van der Waals surface area contributed by atoms with Gasteiger partial charge in [0, 0.05) is 31.0 Å². The molecule has 5 nitrogen and oxygen atoms in total. The SMILES string of the molecule is CC(N)CCNc1nccn(C(C)C)c1=O. The van der Waals surface area contributed by atoms with Crippen molar-refractivity contribution in [3.8, 4) is 0 Å². The fourth-order valence-corrected chi connectivity index (χ4v) is 1.37. The second-order valence-electron chi connectivity index (χ2n) is 4.27. The van der Waals surface area contributed by atoms with E-state index in [4.69, 9.17) is 5.73 Å². The molecule has 0 bridgehead atoms. The summed E-state index contributed by atoms with van der Waals surface area (Å²) in [6.45, 7) is 6.54. The lowest BCUT2D eigenvalue weighted by Crippen LogP contribution is -2.27. The number of rotatable bonds is 5. The van der Waals surface area contributed by atoms with Gasteiger partial charge in [-0.25, -0.2) is 4.98 Å². The Morgan fingerprint density at radius 3 is 2.75 bits per heavy atom. The van der Waals surface area contributed by atoms with E-state index in [9.17, 15) is 4.79 Å². The number of nitrogens with one attached hydrogen (secondary N) is 1. The van der Waals surface area contributed by atoms with Crippen molar-refractivity contribution in [3.05, 3.63) is 22.7 Å². The molecule has 3 N–H and O–H groups in total. The van der Waals surface area contributed by atoms with Crippen LogP contribution in [0.15, 0.2) is 17.2 Å². The molecule has 16 heavy (non-hydrogen) atoms. The molecule has 0 amide bonds. The summed E-state index contributed by atoms with van der Waals surface area (Å²) in [6, 6.07) is 0.271. The van der Waals surface area contributed by atoms with Crippen LogP contribution in [0.5, 0.6) is 0 Å². The van der Waals surface area contributed by atoms with E-state index in [1.54, 1.807) is 17.0 Å². The fourth-order valence-electron chi connectivity index (χ4n) is 1.37. The van der Waals surface area contributed by atoms with Crippen molar-refractivity contribution >= 4 is 5.82 Å². The van der Waals surface area contributed by atoms with E-state index in [1.165, 1.54) is 0 Å². The van der Waals surface area contributed by atoms with E-state index >= 15 is 0 Å². The molecule has 1 heterocycles. The molecule has 5 heteroatoms. The van der Waals surface area contributed by atoms with Crippen LogP contribution < -0.4 is 16.6 Å². The second-order valence-corrected chi connectivity index (χ2v) is 4.27. The van der Waals surface area contributed by atoms with Gasteiger partial charge in [-0.15, -0.1) is 0 Å². The molecule has 0 radical (unpaired) electrons. The Balaban J connectivity index is 2.74. The van der Waals surface area contributed by atoms with Crippen molar-refractivity contribution in [1.29, 1.82) is 0 Å². The van der Waals surface area contributed by atoms with Crippen LogP contribution in [0.1, 0.15) is 33.2 Å². The first-order valence-corrected chi connectivity index (χ1v) is 5.59. The average molecular weight is 224 g/mol. The molecule has 0 aliphatic carbocycles. The molecule has 1 aromatic heterocycles. The molecule has 0 aliphatic heterocycles. The van der Waals surface area contributed by atoms with Crippen LogP contribution in [0, 0.1) is 0 Å². The van der Waals surface area contributed by atoms with Gasteiger partial charge in [-0.3, -0.25) is 4.79 Å². The minimum absolute atomic E-state index is 0.0813. The summed E-state index contributed by atoms with van der Waals surface area (Å²) in [5.74, 6) is 0.400. The van der Waals surface area contributed by atoms with E-state index in [1.807, 2.05) is 20.8 Å². The van der Waals surface area contributed by atoms with Gasteiger partial charge in [0.25, 0.3) is 5.56 Å². The van der Waals surface area contributed by atoms with E-state index in [0.29, 0.717) is 12.4 Å². The van der Waals surface area contributed by atoms with Crippen molar-refractivity contribution in [3.63, 3.8) is 0 Å². The summed E-state index contributed by atoms with van der Waals surface area (Å²) in [6.07, 6.45) is 4.15. The van der Waals surface area contributed by atoms with Crippen LogP contribution in [0.25, 0.3) is 0 Å². The molecular formula is C11H20N4O. The number of anilines is 1. The molecule has 1 atom stereocenters. The summed E-state index contributed by atoms with van der Waals surface area (Å²) in [4.78, 5) is 15.9. The highest BCUT2D eigenvalue weighted by Crippen LogP contribution is 2.01.